The van der Waals surface area contributed by atoms with Crippen molar-refractivity contribution in [2.45, 2.75) is 51.0 Å². The Morgan fingerprint density at radius 1 is 1.18 bits per heavy atom. The maximum atomic E-state index is 12.8. The summed E-state index contributed by atoms with van der Waals surface area (Å²) in [6, 6.07) is 5.94. The Kier molecular flexibility index (Phi) is 4.71. The molecule has 2 aliphatic heterocycles. The molecule has 1 aliphatic carbocycles. The summed E-state index contributed by atoms with van der Waals surface area (Å²) in [6.45, 7) is 3.02. The predicted octanol–water partition coefficient (Wildman–Crippen LogP) is 3.36. The van der Waals surface area contributed by atoms with Crippen LogP contribution in [0.3, 0.4) is 0 Å². The molecule has 0 unspecified atom stereocenters. The molecule has 0 radical (unpaired) electrons. The van der Waals surface area contributed by atoms with Gasteiger partial charge in [-0.05, 0) is 55.7 Å². The lowest BCUT2D eigenvalue weighted by atomic mass is 9.96. The topological polar surface area (TPSA) is 56.6 Å². The van der Waals surface area contributed by atoms with Gasteiger partial charge in [-0.2, -0.15) is 0 Å². The fraction of sp³-hybridized carbons (Fsp3) is 0.545. The molecule has 1 atom stereocenters. The number of aryl methyl sites for hydroxylation is 1. The zero-order valence-corrected chi connectivity index (χ0v) is 16.2. The average molecular weight is 381 g/mol. The van der Waals surface area contributed by atoms with Crippen molar-refractivity contribution in [3.8, 4) is 11.5 Å². The molecule has 3 heterocycles. The number of ether oxygens (including phenoxy) is 2. The van der Waals surface area contributed by atoms with Gasteiger partial charge in [0.25, 0.3) is 0 Å². The van der Waals surface area contributed by atoms with Gasteiger partial charge >= 0.3 is 0 Å². The first-order valence-electron chi connectivity index (χ1n) is 10.4. The van der Waals surface area contributed by atoms with Crippen LogP contribution in [-0.4, -0.2) is 40.2 Å². The maximum absolute atomic E-state index is 12.8. The molecule has 148 valence electrons. The quantitative estimate of drug-likeness (QED) is 0.770. The van der Waals surface area contributed by atoms with Crippen molar-refractivity contribution < 1.29 is 14.3 Å². The lowest BCUT2D eigenvalue weighted by Crippen LogP contribution is -2.39. The number of piperidine rings is 1. The van der Waals surface area contributed by atoms with E-state index in [0.717, 1.165) is 61.9 Å². The summed E-state index contributed by atoms with van der Waals surface area (Å²) >= 11 is 0. The number of fused-ring (bicyclic) bond motifs is 1. The normalized spacial score (nSPS) is 21.1. The summed E-state index contributed by atoms with van der Waals surface area (Å²) in [4.78, 5) is 19.5. The van der Waals surface area contributed by atoms with E-state index in [1.165, 1.54) is 18.7 Å². The number of hydrogen-bond acceptors (Lipinski definition) is 4. The molecule has 0 spiro atoms. The maximum Gasteiger partial charge on any atom is 0.231 e. The van der Waals surface area contributed by atoms with Crippen LogP contribution in [0.4, 0.5) is 0 Å². The number of nitrogens with zero attached hydrogens (tertiary/aromatic N) is 3. The van der Waals surface area contributed by atoms with Gasteiger partial charge in [0.1, 0.15) is 5.82 Å². The van der Waals surface area contributed by atoms with E-state index < -0.39 is 0 Å². The highest BCUT2D eigenvalue weighted by Crippen LogP contribution is 2.34. The largest absolute Gasteiger partial charge is 0.454 e. The van der Waals surface area contributed by atoms with Crippen molar-refractivity contribution in [3.05, 3.63) is 42.0 Å². The van der Waals surface area contributed by atoms with Crippen LogP contribution in [0.1, 0.15) is 49.4 Å². The number of aromatic nitrogens is 2. The molecule has 5 rings (SSSR count). The lowest BCUT2D eigenvalue weighted by Gasteiger charge is -2.33. The van der Waals surface area contributed by atoms with Crippen LogP contribution < -0.4 is 9.47 Å². The molecule has 3 aliphatic rings. The fourth-order valence-corrected chi connectivity index (χ4v) is 4.33. The van der Waals surface area contributed by atoms with Crippen LogP contribution >= 0.6 is 0 Å². The van der Waals surface area contributed by atoms with Crippen LogP contribution in [0.2, 0.25) is 0 Å². The van der Waals surface area contributed by atoms with Crippen molar-refractivity contribution in [1.82, 2.24) is 14.5 Å². The first-order valence-corrected chi connectivity index (χ1v) is 10.4. The minimum absolute atomic E-state index is 0.239. The molecule has 1 saturated heterocycles. The van der Waals surface area contributed by atoms with Crippen LogP contribution in [0, 0.1) is 5.92 Å². The van der Waals surface area contributed by atoms with E-state index in [1.54, 1.807) is 0 Å². The zero-order chi connectivity index (χ0) is 18.9. The molecule has 28 heavy (non-hydrogen) atoms. The number of amides is 1. The second-order valence-electron chi connectivity index (χ2n) is 8.25. The van der Waals surface area contributed by atoms with Gasteiger partial charge in [0, 0.05) is 44.4 Å². The Labute approximate surface area is 165 Å². The highest BCUT2D eigenvalue weighted by molar-refractivity contribution is 5.76. The van der Waals surface area contributed by atoms with Gasteiger partial charge in [0.2, 0.25) is 12.7 Å². The van der Waals surface area contributed by atoms with Crippen molar-refractivity contribution in [3.63, 3.8) is 0 Å². The molecular weight excluding hydrogens is 354 g/mol. The molecule has 6 nitrogen and oxygen atoms in total. The third kappa shape index (κ3) is 3.73. The van der Waals surface area contributed by atoms with Crippen molar-refractivity contribution >= 4 is 5.91 Å². The molecule has 1 aromatic heterocycles. The first kappa shape index (κ1) is 17.6. The monoisotopic (exact) mass is 381 g/mol. The van der Waals surface area contributed by atoms with Gasteiger partial charge in [-0.1, -0.05) is 6.07 Å². The smallest absolute Gasteiger partial charge is 0.231 e. The molecule has 6 heteroatoms. The van der Waals surface area contributed by atoms with Crippen LogP contribution in [0.15, 0.2) is 30.6 Å². The van der Waals surface area contributed by atoms with Gasteiger partial charge in [0.05, 0.1) is 0 Å². The molecular formula is C22H27N3O3. The van der Waals surface area contributed by atoms with Crippen LogP contribution in [-0.2, 0) is 17.8 Å². The predicted molar refractivity (Wildman–Crippen MR) is 104 cm³/mol. The number of imidazole rings is 1. The number of carbonyl (C=O) groups is 1. The summed E-state index contributed by atoms with van der Waals surface area (Å²) in [7, 11) is 0. The van der Waals surface area contributed by atoms with Gasteiger partial charge in [-0.25, -0.2) is 4.98 Å². The van der Waals surface area contributed by atoms with Gasteiger partial charge in [-0.15, -0.1) is 0 Å². The van der Waals surface area contributed by atoms with Gasteiger partial charge in [0.15, 0.2) is 11.5 Å². The molecule has 1 amide bonds. The molecule has 1 aromatic carbocycles. The van der Waals surface area contributed by atoms with Crippen LogP contribution in [0.25, 0.3) is 0 Å². The minimum atomic E-state index is 0.239. The summed E-state index contributed by atoms with van der Waals surface area (Å²) in [5.41, 5.74) is 1.12. The third-order valence-corrected chi connectivity index (χ3v) is 6.10. The van der Waals surface area contributed by atoms with E-state index in [4.69, 9.17) is 9.47 Å². The molecule has 0 bridgehead atoms. The van der Waals surface area contributed by atoms with E-state index in [0.29, 0.717) is 12.3 Å². The zero-order valence-electron chi connectivity index (χ0n) is 16.2. The Morgan fingerprint density at radius 2 is 2.07 bits per heavy atom. The fourth-order valence-electron chi connectivity index (χ4n) is 4.33. The molecule has 1 saturated carbocycles. The van der Waals surface area contributed by atoms with E-state index in [-0.39, 0.29) is 12.7 Å². The van der Waals surface area contributed by atoms with Gasteiger partial charge in [-0.3, -0.25) is 4.79 Å². The highest BCUT2D eigenvalue weighted by atomic mass is 16.7. The Hall–Kier alpha value is -2.50. The highest BCUT2D eigenvalue weighted by Gasteiger charge is 2.29. The molecule has 0 N–H and O–H groups in total. The lowest BCUT2D eigenvalue weighted by molar-refractivity contribution is -0.132. The van der Waals surface area contributed by atoms with E-state index in [1.807, 2.05) is 29.3 Å². The minimum Gasteiger partial charge on any atom is -0.454 e. The number of hydrogen-bond donors (Lipinski definition) is 0. The number of rotatable bonds is 6. The number of likely N-dealkylation sites (tertiary alicyclic amines) is 1. The average Bonchev–Trinajstić information content (AvgIpc) is 3.22. The van der Waals surface area contributed by atoms with Crippen molar-refractivity contribution in [2.75, 3.05) is 19.9 Å². The van der Waals surface area contributed by atoms with Crippen LogP contribution in [0.5, 0.6) is 11.5 Å². The Balaban J connectivity index is 1.19. The standard InChI is InChI=1S/C22H27N3O3/c26-21(8-6-16-5-7-19-20(12-16)28-15-27-19)24-10-1-2-18(14-24)22-23-9-11-25(22)13-17-3-4-17/h5,7,9,11-12,17-18H,1-4,6,8,10,13-15H2/t18-/m0/s1. The van der Waals surface area contributed by atoms with E-state index >= 15 is 0 Å². The third-order valence-electron chi connectivity index (χ3n) is 6.10. The Morgan fingerprint density at radius 3 is 2.96 bits per heavy atom. The Bertz CT molecular complexity index is 858. The van der Waals surface area contributed by atoms with Gasteiger partial charge < -0.3 is 18.9 Å². The first-order chi connectivity index (χ1) is 13.8. The summed E-state index contributed by atoms with van der Waals surface area (Å²) in [5, 5.41) is 0. The summed E-state index contributed by atoms with van der Waals surface area (Å²) in [5.74, 6) is 4.16. The summed E-state index contributed by atoms with van der Waals surface area (Å²) < 4.78 is 13.1. The molecule has 2 fully saturated rings. The SMILES string of the molecule is O=C(CCc1ccc2c(c1)OCO2)N1CCC[C@H](c2nccn2CC2CC2)C1. The molecule has 2 aromatic rings. The van der Waals surface area contributed by atoms with E-state index in [9.17, 15) is 4.79 Å². The number of carbonyl (C=O) groups excluding carboxylic acids is 1. The second-order valence-corrected chi connectivity index (χ2v) is 8.25. The summed E-state index contributed by atoms with van der Waals surface area (Å²) in [6.07, 6.45) is 10.1. The van der Waals surface area contributed by atoms with Crippen molar-refractivity contribution in [1.29, 1.82) is 0 Å². The number of benzene rings is 1. The van der Waals surface area contributed by atoms with Crippen molar-refractivity contribution in [2.24, 2.45) is 5.92 Å². The second kappa shape index (κ2) is 7.49. The van der Waals surface area contributed by atoms with E-state index in [2.05, 4.69) is 15.7 Å².